The fourth-order valence-corrected chi connectivity index (χ4v) is 2.78. The van der Waals surface area contributed by atoms with Crippen molar-refractivity contribution in [3.8, 4) is 0 Å². The smallest absolute Gasteiger partial charge is 0.255 e. The standard InChI is InChI=1S/C20H23N5O/c1-15(24(2)13-19-14-25(3)23-22-19)17-10-7-11-18(12-17)21-20(26)16-8-5-4-6-9-16/h4-12,14-15H,13H2,1-3H3,(H,21,26). The van der Waals surface area contributed by atoms with Crippen LogP contribution >= 0.6 is 0 Å². The van der Waals surface area contributed by atoms with E-state index in [9.17, 15) is 4.79 Å². The van der Waals surface area contributed by atoms with E-state index in [1.54, 1.807) is 16.8 Å². The molecule has 1 amide bonds. The number of carbonyl (C=O) groups excluding carboxylic acids is 1. The number of aryl methyl sites for hydroxylation is 1. The summed E-state index contributed by atoms with van der Waals surface area (Å²) in [5.74, 6) is -0.108. The Hall–Kier alpha value is -2.99. The van der Waals surface area contributed by atoms with Gasteiger partial charge in [-0.05, 0) is 43.8 Å². The Kier molecular flexibility index (Phi) is 5.43. The van der Waals surface area contributed by atoms with Crippen LogP contribution in [-0.4, -0.2) is 32.8 Å². The summed E-state index contributed by atoms with van der Waals surface area (Å²) in [6.45, 7) is 2.84. The zero-order chi connectivity index (χ0) is 18.5. The number of nitrogens with one attached hydrogen (secondary N) is 1. The topological polar surface area (TPSA) is 63.1 Å². The van der Waals surface area contributed by atoms with Gasteiger partial charge in [0, 0.05) is 37.1 Å². The second-order valence-corrected chi connectivity index (χ2v) is 6.42. The average molecular weight is 349 g/mol. The number of hydrogen-bond acceptors (Lipinski definition) is 4. The summed E-state index contributed by atoms with van der Waals surface area (Å²) in [7, 11) is 3.91. The highest BCUT2D eigenvalue weighted by Gasteiger charge is 2.14. The number of aromatic nitrogens is 3. The van der Waals surface area contributed by atoms with Crippen LogP contribution in [-0.2, 0) is 13.6 Å². The summed E-state index contributed by atoms with van der Waals surface area (Å²) in [5.41, 5.74) is 3.49. The molecule has 3 rings (SSSR count). The molecule has 0 bridgehead atoms. The fourth-order valence-electron chi connectivity index (χ4n) is 2.78. The number of benzene rings is 2. The summed E-state index contributed by atoms with van der Waals surface area (Å²) < 4.78 is 1.70. The molecule has 134 valence electrons. The SMILES string of the molecule is CC(c1cccc(NC(=O)c2ccccc2)c1)N(C)Cc1cn(C)nn1. The van der Waals surface area contributed by atoms with Crippen LogP contribution in [0, 0.1) is 0 Å². The van der Waals surface area contributed by atoms with Crippen LogP contribution < -0.4 is 5.32 Å². The second kappa shape index (κ2) is 7.93. The number of nitrogens with zero attached hydrogens (tertiary/aromatic N) is 4. The molecule has 0 radical (unpaired) electrons. The Morgan fingerprint density at radius 2 is 1.96 bits per heavy atom. The lowest BCUT2D eigenvalue weighted by Gasteiger charge is -2.24. The highest BCUT2D eigenvalue weighted by molar-refractivity contribution is 6.04. The van der Waals surface area contributed by atoms with Gasteiger partial charge in [0.1, 0.15) is 0 Å². The predicted octanol–water partition coefficient (Wildman–Crippen LogP) is 3.26. The lowest BCUT2D eigenvalue weighted by atomic mass is 10.1. The Morgan fingerprint density at radius 1 is 1.19 bits per heavy atom. The molecule has 1 N–H and O–H groups in total. The molecule has 26 heavy (non-hydrogen) atoms. The summed E-state index contributed by atoms with van der Waals surface area (Å²) >= 11 is 0. The van der Waals surface area contributed by atoms with Crippen LogP contribution in [0.3, 0.4) is 0 Å². The van der Waals surface area contributed by atoms with Crippen molar-refractivity contribution in [3.05, 3.63) is 77.6 Å². The third-order valence-electron chi connectivity index (χ3n) is 4.39. The van der Waals surface area contributed by atoms with Crippen LogP contribution in [0.5, 0.6) is 0 Å². The molecule has 0 fully saturated rings. The van der Waals surface area contributed by atoms with Gasteiger partial charge in [-0.2, -0.15) is 0 Å². The molecule has 6 nitrogen and oxygen atoms in total. The maximum absolute atomic E-state index is 12.3. The van der Waals surface area contributed by atoms with Crippen molar-refractivity contribution in [2.75, 3.05) is 12.4 Å². The molecule has 6 heteroatoms. The van der Waals surface area contributed by atoms with Gasteiger partial charge in [-0.15, -0.1) is 5.10 Å². The fraction of sp³-hybridized carbons (Fsp3) is 0.250. The van der Waals surface area contributed by atoms with Crippen LogP contribution in [0.1, 0.15) is 34.6 Å². The summed E-state index contributed by atoms with van der Waals surface area (Å²) in [5, 5.41) is 11.1. The van der Waals surface area contributed by atoms with Crippen LogP contribution in [0.15, 0.2) is 60.8 Å². The third-order valence-corrected chi connectivity index (χ3v) is 4.39. The first kappa shape index (κ1) is 17.8. The monoisotopic (exact) mass is 349 g/mol. The van der Waals surface area contributed by atoms with E-state index in [0.29, 0.717) is 12.1 Å². The molecule has 1 heterocycles. The van der Waals surface area contributed by atoms with Gasteiger partial charge in [0.15, 0.2) is 0 Å². The van der Waals surface area contributed by atoms with E-state index >= 15 is 0 Å². The first-order valence-corrected chi connectivity index (χ1v) is 8.55. The van der Waals surface area contributed by atoms with E-state index in [2.05, 4.69) is 40.6 Å². The Balaban J connectivity index is 1.68. The van der Waals surface area contributed by atoms with Crippen molar-refractivity contribution in [1.82, 2.24) is 19.9 Å². The minimum atomic E-state index is -0.108. The molecule has 0 aliphatic rings. The summed E-state index contributed by atoms with van der Waals surface area (Å²) in [6.07, 6.45) is 1.92. The van der Waals surface area contributed by atoms with Crippen molar-refractivity contribution in [1.29, 1.82) is 0 Å². The largest absolute Gasteiger partial charge is 0.322 e. The number of anilines is 1. The Bertz CT molecular complexity index is 875. The molecular weight excluding hydrogens is 326 g/mol. The van der Waals surface area contributed by atoms with Gasteiger partial charge in [0.2, 0.25) is 0 Å². The highest BCUT2D eigenvalue weighted by Crippen LogP contribution is 2.23. The lowest BCUT2D eigenvalue weighted by molar-refractivity contribution is 0.102. The number of rotatable bonds is 6. The highest BCUT2D eigenvalue weighted by atomic mass is 16.1. The average Bonchev–Trinajstić information content (AvgIpc) is 3.06. The Labute approximate surface area is 153 Å². The van der Waals surface area contributed by atoms with E-state index in [4.69, 9.17) is 0 Å². The minimum Gasteiger partial charge on any atom is -0.322 e. The lowest BCUT2D eigenvalue weighted by Crippen LogP contribution is -2.22. The van der Waals surface area contributed by atoms with Gasteiger partial charge in [0.05, 0.1) is 5.69 Å². The van der Waals surface area contributed by atoms with Gasteiger partial charge < -0.3 is 5.32 Å². The molecule has 0 saturated heterocycles. The zero-order valence-electron chi connectivity index (χ0n) is 15.3. The van der Waals surface area contributed by atoms with Crippen molar-refractivity contribution in [2.45, 2.75) is 19.5 Å². The van der Waals surface area contributed by atoms with E-state index < -0.39 is 0 Å². The van der Waals surface area contributed by atoms with Gasteiger partial charge in [-0.3, -0.25) is 14.4 Å². The number of carbonyl (C=O) groups is 1. The van der Waals surface area contributed by atoms with E-state index in [0.717, 1.165) is 16.9 Å². The molecule has 1 unspecified atom stereocenters. The van der Waals surface area contributed by atoms with Crippen LogP contribution in [0.2, 0.25) is 0 Å². The van der Waals surface area contributed by atoms with Gasteiger partial charge in [-0.1, -0.05) is 35.5 Å². The zero-order valence-corrected chi connectivity index (χ0v) is 15.3. The molecule has 3 aromatic rings. The quantitative estimate of drug-likeness (QED) is 0.742. The van der Waals surface area contributed by atoms with E-state index in [1.807, 2.05) is 49.6 Å². The maximum atomic E-state index is 12.3. The van der Waals surface area contributed by atoms with Crippen LogP contribution in [0.4, 0.5) is 5.69 Å². The molecule has 2 aromatic carbocycles. The predicted molar refractivity (Wildman–Crippen MR) is 102 cm³/mol. The summed E-state index contributed by atoms with van der Waals surface area (Å²) in [4.78, 5) is 14.5. The van der Waals surface area contributed by atoms with Gasteiger partial charge in [-0.25, -0.2) is 0 Å². The summed E-state index contributed by atoms with van der Waals surface area (Å²) in [6, 6.07) is 17.3. The molecular formula is C20H23N5O. The van der Waals surface area contributed by atoms with Crippen LogP contribution in [0.25, 0.3) is 0 Å². The number of hydrogen-bond donors (Lipinski definition) is 1. The first-order valence-electron chi connectivity index (χ1n) is 8.55. The molecule has 0 aliphatic carbocycles. The third kappa shape index (κ3) is 4.34. The normalized spacial score (nSPS) is 12.2. The number of amides is 1. The van der Waals surface area contributed by atoms with Crippen molar-refractivity contribution in [2.24, 2.45) is 7.05 Å². The maximum Gasteiger partial charge on any atom is 0.255 e. The van der Waals surface area contributed by atoms with E-state index in [1.165, 1.54) is 0 Å². The molecule has 1 aromatic heterocycles. The van der Waals surface area contributed by atoms with Crippen molar-refractivity contribution in [3.63, 3.8) is 0 Å². The van der Waals surface area contributed by atoms with Crippen molar-refractivity contribution >= 4 is 11.6 Å². The molecule has 0 spiro atoms. The molecule has 0 aliphatic heterocycles. The van der Waals surface area contributed by atoms with E-state index in [-0.39, 0.29) is 11.9 Å². The first-order chi connectivity index (χ1) is 12.5. The van der Waals surface area contributed by atoms with Crippen molar-refractivity contribution < 1.29 is 4.79 Å². The van der Waals surface area contributed by atoms with Gasteiger partial charge in [0.25, 0.3) is 5.91 Å². The Morgan fingerprint density at radius 3 is 2.65 bits per heavy atom. The van der Waals surface area contributed by atoms with Gasteiger partial charge >= 0.3 is 0 Å². The molecule has 1 atom stereocenters. The minimum absolute atomic E-state index is 0.108. The molecule has 0 saturated carbocycles. The second-order valence-electron chi connectivity index (χ2n) is 6.42.